The number of alkyl halides is 3. The third-order valence-corrected chi connectivity index (χ3v) is 4.59. The van der Waals surface area contributed by atoms with E-state index >= 15 is 0 Å². The first kappa shape index (κ1) is 19.9. The second-order valence-corrected chi connectivity index (χ2v) is 7.07. The van der Waals surface area contributed by atoms with E-state index in [1.54, 1.807) is 13.1 Å². The maximum Gasteiger partial charge on any atom is 0.491 e. The Balaban J connectivity index is 2.34. The van der Waals surface area contributed by atoms with Crippen LogP contribution in [0.1, 0.15) is 38.8 Å². The Hall–Kier alpha value is -1.38. The average molecular weight is 359 g/mol. The van der Waals surface area contributed by atoms with E-state index in [1.165, 1.54) is 6.07 Å². The zero-order chi connectivity index (χ0) is 19.0. The first-order chi connectivity index (χ1) is 11.4. The molecule has 138 valence electrons. The van der Waals surface area contributed by atoms with Crippen LogP contribution >= 0.6 is 0 Å². The predicted octanol–water partition coefficient (Wildman–Crippen LogP) is 4.08. The van der Waals surface area contributed by atoms with E-state index in [-0.39, 0.29) is 0 Å². The predicted molar refractivity (Wildman–Crippen MR) is 89.4 cm³/mol. The minimum atomic E-state index is -4.72. The van der Waals surface area contributed by atoms with E-state index in [9.17, 15) is 17.6 Å². The number of benzene rings is 1. The van der Waals surface area contributed by atoms with Gasteiger partial charge in [-0.25, -0.2) is 4.39 Å². The molecule has 0 radical (unpaired) electrons. The summed E-state index contributed by atoms with van der Waals surface area (Å²) in [5, 5.41) is 2.97. The molecule has 2 rings (SSSR count). The van der Waals surface area contributed by atoms with Gasteiger partial charge in [0.1, 0.15) is 5.82 Å². The summed E-state index contributed by atoms with van der Waals surface area (Å²) in [5.41, 5.74) is -1.40. The van der Waals surface area contributed by atoms with Gasteiger partial charge < -0.3 is 14.6 Å². The molecule has 1 aliphatic heterocycles. The van der Waals surface area contributed by atoms with Crippen molar-refractivity contribution in [1.29, 1.82) is 0 Å². The highest BCUT2D eigenvalue weighted by Gasteiger charge is 2.52. The van der Waals surface area contributed by atoms with E-state index in [0.29, 0.717) is 17.6 Å². The molecule has 0 unspecified atom stereocenters. The molecule has 25 heavy (non-hydrogen) atoms. The molecular formula is C17H22BF4NO2. The van der Waals surface area contributed by atoms with Crippen molar-refractivity contribution in [2.45, 2.75) is 45.1 Å². The Kier molecular flexibility index (Phi) is 5.38. The Labute approximate surface area is 145 Å². The minimum absolute atomic E-state index is 0.311. The van der Waals surface area contributed by atoms with Crippen LogP contribution in [0.3, 0.4) is 0 Å². The van der Waals surface area contributed by atoms with E-state index in [4.69, 9.17) is 9.31 Å². The first-order valence-electron chi connectivity index (χ1n) is 7.95. The molecule has 0 saturated carbocycles. The van der Waals surface area contributed by atoms with Crippen molar-refractivity contribution in [1.82, 2.24) is 5.32 Å². The van der Waals surface area contributed by atoms with Crippen molar-refractivity contribution in [3.63, 3.8) is 0 Å². The molecule has 0 amide bonds. The Morgan fingerprint density at radius 1 is 1.16 bits per heavy atom. The minimum Gasteiger partial charge on any atom is -0.400 e. The summed E-state index contributed by atoms with van der Waals surface area (Å²) in [6.07, 6.45) is -3.13. The van der Waals surface area contributed by atoms with Crippen molar-refractivity contribution in [2.24, 2.45) is 0 Å². The van der Waals surface area contributed by atoms with Crippen LogP contribution in [0.15, 0.2) is 23.7 Å². The van der Waals surface area contributed by atoms with Crippen LogP contribution in [0.2, 0.25) is 0 Å². The van der Waals surface area contributed by atoms with Gasteiger partial charge in [-0.15, -0.1) is 0 Å². The van der Waals surface area contributed by atoms with Crippen LogP contribution in [-0.2, 0) is 15.5 Å². The second-order valence-electron chi connectivity index (χ2n) is 7.07. The highest BCUT2D eigenvalue weighted by atomic mass is 19.4. The maximum atomic E-state index is 13.8. The number of hydrogen-bond acceptors (Lipinski definition) is 3. The monoisotopic (exact) mass is 359 g/mol. The molecular weight excluding hydrogens is 337 g/mol. The van der Waals surface area contributed by atoms with Gasteiger partial charge in [-0.1, -0.05) is 12.1 Å². The summed E-state index contributed by atoms with van der Waals surface area (Å²) in [4.78, 5) is 0. The van der Waals surface area contributed by atoms with Crippen molar-refractivity contribution in [3.8, 4) is 0 Å². The Morgan fingerprint density at radius 2 is 1.72 bits per heavy atom. The first-order valence-corrected chi connectivity index (χ1v) is 7.95. The summed E-state index contributed by atoms with van der Waals surface area (Å²) >= 11 is 0. The van der Waals surface area contributed by atoms with Crippen molar-refractivity contribution in [3.05, 3.63) is 40.6 Å². The number of rotatable bonds is 4. The number of hydrogen-bond donors (Lipinski definition) is 1. The fraction of sp³-hybridized carbons (Fsp3) is 0.529. The molecule has 1 aliphatic rings. The van der Waals surface area contributed by atoms with Crippen LogP contribution < -0.4 is 5.32 Å². The van der Waals surface area contributed by atoms with Gasteiger partial charge in [0.15, 0.2) is 0 Å². The van der Waals surface area contributed by atoms with Gasteiger partial charge in [0.2, 0.25) is 0 Å². The number of halogens is 4. The van der Waals surface area contributed by atoms with Gasteiger partial charge in [0.25, 0.3) is 0 Å². The molecule has 1 fully saturated rings. The average Bonchev–Trinajstić information content (AvgIpc) is 2.65. The summed E-state index contributed by atoms with van der Waals surface area (Å²) in [6, 6.07) is 2.83. The van der Waals surface area contributed by atoms with Crippen LogP contribution in [0.5, 0.6) is 0 Å². The molecule has 1 aromatic carbocycles. The van der Waals surface area contributed by atoms with Gasteiger partial charge in [-0.3, -0.25) is 0 Å². The molecule has 0 spiro atoms. The maximum absolute atomic E-state index is 13.8. The van der Waals surface area contributed by atoms with Crippen molar-refractivity contribution < 1.29 is 26.9 Å². The summed E-state index contributed by atoms with van der Waals surface area (Å²) in [7, 11) is 1.06. The topological polar surface area (TPSA) is 30.5 Å². The normalized spacial score (nSPS) is 20.2. The lowest BCUT2D eigenvalue weighted by molar-refractivity contribution is -0.140. The van der Waals surface area contributed by atoms with Gasteiger partial charge in [-0.2, -0.15) is 13.2 Å². The lowest BCUT2D eigenvalue weighted by atomic mass is 9.77. The van der Waals surface area contributed by atoms with Crippen LogP contribution in [0.4, 0.5) is 17.6 Å². The van der Waals surface area contributed by atoms with Gasteiger partial charge in [0.05, 0.1) is 16.8 Å². The lowest BCUT2D eigenvalue weighted by Crippen LogP contribution is -2.41. The largest absolute Gasteiger partial charge is 0.491 e. The highest BCUT2D eigenvalue weighted by Crippen LogP contribution is 2.39. The molecule has 0 atom stereocenters. The second kappa shape index (κ2) is 6.74. The molecule has 3 nitrogen and oxygen atoms in total. The molecule has 1 heterocycles. The quantitative estimate of drug-likeness (QED) is 0.649. The third-order valence-electron chi connectivity index (χ3n) is 4.59. The Morgan fingerprint density at radius 3 is 2.16 bits per heavy atom. The number of likely N-dealkylation sites (N-methyl/N-ethyl adjacent to an activating group) is 1. The molecule has 0 bridgehead atoms. The van der Waals surface area contributed by atoms with Gasteiger partial charge >= 0.3 is 13.3 Å². The van der Waals surface area contributed by atoms with Crippen molar-refractivity contribution >= 4 is 13.2 Å². The third kappa shape index (κ3) is 4.24. The zero-order valence-corrected chi connectivity index (χ0v) is 14.9. The summed E-state index contributed by atoms with van der Waals surface area (Å²) in [6.45, 7) is 8.01. The van der Waals surface area contributed by atoms with Gasteiger partial charge in [-0.05, 0) is 57.9 Å². The Bertz CT molecular complexity index is 655. The standard InChI is InChI=1S/C17H22BF4NO2/c1-15(2)16(3,4)25-18(24-15)12(10-23-5)8-11-6-7-13(14(19)9-11)17(20,21)22/h6-9,23H,10H2,1-5H3. The fourth-order valence-electron chi connectivity index (χ4n) is 2.47. The van der Waals surface area contributed by atoms with Crippen LogP contribution in [-0.4, -0.2) is 31.9 Å². The molecule has 8 heteroatoms. The van der Waals surface area contributed by atoms with Gasteiger partial charge in [0, 0.05) is 6.54 Å². The molecule has 1 aromatic rings. The molecule has 1 N–H and O–H groups in total. The number of nitrogens with one attached hydrogen (secondary N) is 1. The van der Waals surface area contributed by atoms with E-state index in [2.05, 4.69) is 5.32 Å². The molecule has 0 aliphatic carbocycles. The smallest absolute Gasteiger partial charge is 0.400 e. The summed E-state index contributed by atoms with van der Waals surface area (Å²) in [5.74, 6) is -1.31. The van der Waals surface area contributed by atoms with Crippen molar-refractivity contribution in [2.75, 3.05) is 13.6 Å². The highest BCUT2D eigenvalue weighted by molar-refractivity contribution is 6.55. The molecule has 1 saturated heterocycles. The zero-order valence-electron chi connectivity index (χ0n) is 14.9. The summed E-state index contributed by atoms with van der Waals surface area (Å²) < 4.78 is 63.7. The SMILES string of the molecule is CNCC(=Cc1ccc(C(F)(F)F)c(F)c1)B1OC(C)(C)C(C)(C)O1. The lowest BCUT2D eigenvalue weighted by Gasteiger charge is -2.32. The van der Waals surface area contributed by atoms with Crippen LogP contribution in [0, 0.1) is 5.82 Å². The van der Waals surface area contributed by atoms with E-state index < -0.39 is 35.9 Å². The van der Waals surface area contributed by atoms with Crippen LogP contribution in [0.25, 0.3) is 6.08 Å². The fourth-order valence-corrected chi connectivity index (χ4v) is 2.47. The van der Waals surface area contributed by atoms with E-state index in [1.807, 2.05) is 27.7 Å². The molecule has 0 aromatic heterocycles. The van der Waals surface area contributed by atoms with E-state index in [0.717, 1.165) is 12.1 Å².